The number of methoxy groups -OCH3 is 1. The summed E-state index contributed by atoms with van der Waals surface area (Å²) in [4.78, 5) is 13.4. The third-order valence-corrected chi connectivity index (χ3v) is 4.65. The minimum Gasteiger partial charge on any atom is -0.496 e. The molecule has 0 saturated carbocycles. The fraction of sp³-hybridized carbons (Fsp3) is 0.462. The Balaban J connectivity index is 3.25. The zero-order chi connectivity index (χ0) is 15.5. The summed E-state index contributed by atoms with van der Waals surface area (Å²) < 4.78 is 29.8. The molecule has 0 aromatic heterocycles. The van der Waals surface area contributed by atoms with Crippen LogP contribution in [0.4, 0.5) is 0 Å². The second-order valence-electron chi connectivity index (χ2n) is 4.48. The number of sulfonamides is 1. The lowest BCUT2D eigenvalue weighted by atomic mass is 10.1. The summed E-state index contributed by atoms with van der Waals surface area (Å²) in [7, 11) is -2.27. The molecule has 0 saturated heterocycles. The molecule has 1 aromatic carbocycles. The Labute approximate surface area is 119 Å². The van der Waals surface area contributed by atoms with Gasteiger partial charge in [0.2, 0.25) is 5.91 Å². The maximum Gasteiger partial charge on any atom is 0.257 e. The van der Waals surface area contributed by atoms with E-state index in [4.69, 9.17) is 4.74 Å². The van der Waals surface area contributed by atoms with Crippen LogP contribution in [0.1, 0.15) is 30.0 Å². The van der Waals surface area contributed by atoms with Crippen molar-refractivity contribution >= 4 is 15.9 Å². The Morgan fingerprint density at radius 3 is 2.35 bits per heavy atom. The van der Waals surface area contributed by atoms with Gasteiger partial charge in [-0.2, -0.15) is 0 Å². The second-order valence-corrected chi connectivity index (χ2v) is 6.10. The molecular formula is C13H20N2O4S. The Bertz CT molecular complexity index is 624. The van der Waals surface area contributed by atoms with Crippen LogP contribution < -0.4 is 15.0 Å². The van der Waals surface area contributed by atoms with Crippen LogP contribution in [-0.4, -0.2) is 21.4 Å². The highest BCUT2D eigenvalue weighted by Gasteiger charge is 2.23. The quantitative estimate of drug-likeness (QED) is 0.804. The number of hydrazine groups is 1. The molecule has 112 valence electrons. The van der Waals surface area contributed by atoms with Crippen LogP contribution in [-0.2, 0) is 14.8 Å². The van der Waals surface area contributed by atoms with Gasteiger partial charge in [0.15, 0.2) is 0 Å². The number of carbonyl (C=O) groups excluding carboxylic acids is 1. The van der Waals surface area contributed by atoms with Crippen molar-refractivity contribution in [1.29, 1.82) is 0 Å². The Hall–Kier alpha value is -1.60. The number of aryl methyl sites for hydroxylation is 1. The van der Waals surface area contributed by atoms with Gasteiger partial charge in [-0.25, -0.2) is 8.42 Å². The Morgan fingerprint density at radius 2 is 1.85 bits per heavy atom. The zero-order valence-corrected chi connectivity index (χ0v) is 13.1. The minimum atomic E-state index is -3.81. The number of rotatable bonds is 5. The van der Waals surface area contributed by atoms with Gasteiger partial charge in [0.1, 0.15) is 5.75 Å². The second kappa shape index (κ2) is 6.23. The number of hydrogen-bond donors (Lipinski definition) is 2. The van der Waals surface area contributed by atoms with Crippen LogP contribution in [0.15, 0.2) is 11.0 Å². The molecule has 0 bridgehead atoms. The number of ether oxygens (including phenoxy) is 1. The van der Waals surface area contributed by atoms with E-state index < -0.39 is 15.9 Å². The molecule has 0 aliphatic carbocycles. The van der Waals surface area contributed by atoms with E-state index in [1.165, 1.54) is 7.11 Å². The smallest absolute Gasteiger partial charge is 0.257 e. The van der Waals surface area contributed by atoms with Gasteiger partial charge in [-0.3, -0.25) is 10.2 Å². The lowest BCUT2D eigenvalue weighted by Crippen LogP contribution is -2.41. The number of hydrogen-bond acceptors (Lipinski definition) is 4. The van der Waals surface area contributed by atoms with E-state index in [0.717, 1.165) is 5.56 Å². The molecular weight excluding hydrogens is 280 g/mol. The lowest BCUT2D eigenvalue weighted by Gasteiger charge is -2.16. The van der Waals surface area contributed by atoms with Crippen molar-refractivity contribution in [1.82, 2.24) is 10.3 Å². The number of benzene rings is 1. The molecule has 0 heterocycles. The summed E-state index contributed by atoms with van der Waals surface area (Å²) in [5.74, 6) is 0.241. The van der Waals surface area contributed by atoms with Crippen molar-refractivity contribution in [2.45, 2.75) is 39.0 Å². The van der Waals surface area contributed by atoms with Crippen LogP contribution in [0.5, 0.6) is 5.75 Å². The topological polar surface area (TPSA) is 84.5 Å². The molecule has 7 heteroatoms. The molecule has 0 radical (unpaired) electrons. The fourth-order valence-electron chi connectivity index (χ4n) is 1.91. The van der Waals surface area contributed by atoms with Crippen molar-refractivity contribution < 1.29 is 17.9 Å². The van der Waals surface area contributed by atoms with E-state index in [-0.39, 0.29) is 11.3 Å². The van der Waals surface area contributed by atoms with Crippen LogP contribution in [0.25, 0.3) is 0 Å². The first kappa shape index (κ1) is 16.5. The van der Waals surface area contributed by atoms with Crippen LogP contribution in [0, 0.1) is 20.8 Å². The van der Waals surface area contributed by atoms with Gasteiger partial charge in [-0.1, -0.05) is 6.92 Å². The summed E-state index contributed by atoms with van der Waals surface area (Å²) >= 11 is 0. The van der Waals surface area contributed by atoms with Gasteiger partial charge in [0.25, 0.3) is 10.0 Å². The Kier molecular flexibility index (Phi) is 5.13. The highest BCUT2D eigenvalue weighted by Crippen LogP contribution is 2.30. The largest absolute Gasteiger partial charge is 0.496 e. The number of carbonyl (C=O) groups is 1. The highest BCUT2D eigenvalue weighted by atomic mass is 32.2. The van der Waals surface area contributed by atoms with Gasteiger partial charge < -0.3 is 4.74 Å². The summed E-state index contributed by atoms with van der Waals surface area (Å²) in [5.41, 5.74) is 4.07. The van der Waals surface area contributed by atoms with Gasteiger partial charge in [0, 0.05) is 6.42 Å². The molecule has 1 aromatic rings. The Morgan fingerprint density at radius 1 is 1.25 bits per heavy atom. The molecule has 0 atom stereocenters. The maximum atomic E-state index is 12.3. The standard InChI is InChI=1S/C13H20N2O4S/c1-6-12(16)14-15-20(17,18)13-8(2)7-11(19-5)9(3)10(13)4/h7,15H,6H2,1-5H3,(H,14,16). The van der Waals surface area contributed by atoms with Crippen molar-refractivity contribution in [3.8, 4) is 5.75 Å². The molecule has 0 aliphatic heterocycles. The summed E-state index contributed by atoms with van der Waals surface area (Å²) in [5, 5.41) is 0. The van der Waals surface area contributed by atoms with Crippen molar-refractivity contribution in [2.24, 2.45) is 0 Å². The molecule has 1 amide bonds. The third kappa shape index (κ3) is 3.29. The molecule has 6 nitrogen and oxygen atoms in total. The average molecular weight is 300 g/mol. The first-order valence-electron chi connectivity index (χ1n) is 6.20. The zero-order valence-electron chi connectivity index (χ0n) is 12.3. The van der Waals surface area contributed by atoms with E-state index in [2.05, 4.69) is 10.3 Å². The predicted molar refractivity (Wildman–Crippen MR) is 76.0 cm³/mol. The molecule has 20 heavy (non-hydrogen) atoms. The van der Waals surface area contributed by atoms with Crippen LogP contribution in [0.2, 0.25) is 0 Å². The van der Waals surface area contributed by atoms with Gasteiger partial charge in [-0.15, -0.1) is 4.83 Å². The minimum absolute atomic E-state index is 0.159. The fourth-order valence-corrected chi connectivity index (χ4v) is 3.30. The third-order valence-electron chi connectivity index (χ3n) is 3.11. The molecule has 1 rings (SSSR count). The average Bonchev–Trinajstić information content (AvgIpc) is 2.40. The van der Waals surface area contributed by atoms with Crippen molar-refractivity contribution in [2.75, 3.05) is 7.11 Å². The molecule has 0 aliphatic rings. The molecule has 0 spiro atoms. The van der Waals surface area contributed by atoms with Crippen molar-refractivity contribution in [3.63, 3.8) is 0 Å². The monoisotopic (exact) mass is 300 g/mol. The van der Waals surface area contributed by atoms with Crippen LogP contribution in [0.3, 0.4) is 0 Å². The summed E-state index contributed by atoms with van der Waals surface area (Å²) in [6.45, 7) is 6.82. The summed E-state index contributed by atoms with van der Waals surface area (Å²) in [6.07, 6.45) is 0.197. The normalized spacial score (nSPS) is 11.2. The van der Waals surface area contributed by atoms with Crippen molar-refractivity contribution in [3.05, 3.63) is 22.8 Å². The van der Waals surface area contributed by atoms with E-state index in [1.807, 2.05) is 0 Å². The maximum absolute atomic E-state index is 12.3. The van der Waals surface area contributed by atoms with E-state index in [1.54, 1.807) is 33.8 Å². The molecule has 2 N–H and O–H groups in total. The first-order valence-corrected chi connectivity index (χ1v) is 7.68. The first-order chi connectivity index (χ1) is 9.24. The highest BCUT2D eigenvalue weighted by molar-refractivity contribution is 7.89. The predicted octanol–water partition coefficient (Wildman–Crippen LogP) is 1.34. The van der Waals surface area contributed by atoms with E-state index in [0.29, 0.717) is 16.9 Å². The van der Waals surface area contributed by atoms with E-state index >= 15 is 0 Å². The van der Waals surface area contributed by atoms with Gasteiger partial charge in [-0.05, 0) is 43.5 Å². The van der Waals surface area contributed by atoms with Crippen LogP contribution >= 0.6 is 0 Å². The number of nitrogens with one attached hydrogen (secondary N) is 2. The molecule has 0 unspecified atom stereocenters. The van der Waals surface area contributed by atoms with Gasteiger partial charge in [0.05, 0.1) is 12.0 Å². The lowest BCUT2D eigenvalue weighted by molar-refractivity contribution is -0.121. The molecule has 0 fully saturated rings. The SMILES string of the molecule is CCC(=O)NNS(=O)(=O)c1c(C)cc(OC)c(C)c1C. The van der Waals surface area contributed by atoms with E-state index in [9.17, 15) is 13.2 Å². The summed E-state index contributed by atoms with van der Waals surface area (Å²) in [6, 6.07) is 1.67. The number of amides is 1. The van der Waals surface area contributed by atoms with Gasteiger partial charge >= 0.3 is 0 Å².